The predicted molar refractivity (Wildman–Crippen MR) is 63.6 cm³/mol. The maximum atomic E-state index is 11.6. The summed E-state index contributed by atoms with van der Waals surface area (Å²) in [5.41, 5.74) is -0.00290. The number of carbonyl (C=O) groups is 1. The van der Waals surface area contributed by atoms with Crippen LogP contribution in [-0.2, 0) is 0 Å². The van der Waals surface area contributed by atoms with Crippen LogP contribution in [0.25, 0.3) is 0 Å². The third-order valence-corrected chi connectivity index (χ3v) is 2.55. The van der Waals surface area contributed by atoms with Gasteiger partial charge in [-0.05, 0) is 35.1 Å². The second-order valence-electron chi connectivity index (χ2n) is 3.09. The van der Waals surface area contributed by atoms with Crippen LogP contribution in [-0.4, -0.2) is 10.8 Å². The number of hydrogen-bond donors (Lipinski definition) is 1. The molecule has 1 N–H and O–H groups in total. The van der Waals surface area contributed by atoms with Gasteiger partial charge in [0.1, 0.15) is 0 Å². The summed E-state index contributed by atoms with van der Waals surface area (Å²) < 4.78 is 0.877. The van der Waals surface area contributed by atoms with Crippen LogP contribution in [0.2, 0.25) is 0 Å². The van der Waals surface area contributed by atoms with Crippen LogP contribution in [0.1, 0.15) is 36.5 Å². The Kier molecular flexibility index (Phi) is 4.31. The van der Waals surface area contributed by atoms with Gasteiger partial charge in [0.15, 0.2) is 5.78 Å². The summed E-state index contributed by atoms with van der Waals surface area (Å²) >= 11 is 2.07. The molecular weight excluding hydrogens is 293 g/mol. The van der Waals surface area contributed by atoms with Gasteiger partial charge >= 0.3 is 0 Å². The smallest absolute Gasteiger partial charge is 0.258 e. The van der Waals surface area contributed by atoms with Gasteiger partial charge < -0.3 is 4.98 Å². The summed E-state index contributed by atoms with van der Waals surface area (Å²) in [6, 6.07) is 1.64. The maximum Gasteiger partial charge on any atom is 0.258 e. The molecule has 0 radical (unpaired) electrons. The quantitative estimate of drug-likeness (QED) is 0.686. The standard InChI is InChI=1S/C10H12INO2/c1-2-3-4-9(13)8-5-7(11)6-12-10(8)14/h5-6H,2-4H2,1H3,(H,12,14). The van der Waals surface area contributed by atoms with Crippen LogP contribution in [0.4, 0.5) is 0 Å². The van der Waals surface area contributed by atoms with Crippen molar-refractivity contribution in [1.29, 1.82) is 0 Å². The van der Waals surface area contributed by atoms with Gasteiger partial charge in [0.2, 0.25) is 0 Å². The summed E-state index contributed by atoms with van der Waals surface area (Å²) in [5, 5.41) is 0. The molecule has 1 heterocycles. The number of Topliss-reactive ketones (excluding diaryl/α,β-unsaturated/α-hetero) is 1. The molecule has 4 heteroatoms. The highest BCUT2D eigenvalue weighted by Crippen LogP contribution is 2.06. The van der Waals surface area contributed by atoms with Crippen molar-refractivity contribution in [2.24, 2.45) is 0 Å². The number of halogens is 1. The van der Waals surface area contributed by atoms with Crippen LogP contribution in [0, 0.1) is 3.57 Å². The van der Waals surface area contributed by atoms with Gasteiger partial charge in [-0.3, -0.25) is 9.59 Å². The van der Waals surface area contributed by atoms with Crippen LogP contribution in [0.3, 0.4) is 0 Å². The lowest BCUT2D eigenvalue weighted by Crippen LogP contribution is -2.17. The molecule has 0 aliphatic carbocycles. The zero-order valence-electron chi connectivity index (χ0n) is 7.97. The molecule has 0 bridgehead atoms. The van der Waals surface area contributed by atoms with Crippen molar-refractivity contribution < 1.29 is 4.79 Å². The van der Waals surface area contributed by atoms with E-state index in [0.29, 0.717) is 6.42 Å². The fourth-order valence-corrected chi connectivity index (χ4v) is 1.60. The Hall–Kier alpha value is -0.650. The molecular formula is C10H12INO2. The Balaban J connectivity index is 2.89. The van der Waals surface area contributed by atoms with Crippen molar-refractivity contribution in [2.75, 3.05) is 0 Å². The molecule has 0 saturated carbocycles. The number of unbranched alkanes of at least 4 members (excludes halogenated alkanes) is 1. The van der Waals surface area contributed by atoms with E-state index in [9.17, 15) is 9.59 Å². The molecule has 1 rings (SSSR count). The average molecular weight is 305 g/mol. The molecule has 14 heavy (non-hydrogen) atoms. The second kappa shape index (κ2) is 5.29. The van der Waals surface area contributed by atoms with Gasteiger partial charge in [-0.15, -0.1) is 0 Å². The molecule has 76 valence electrons. The largest absolute Gasteiger partial charge is 0.327 e. The Labute approximate surface area is 96.1 Å². The first-order chi connectivity index (χ1) is 6.65. The van der Waals surface area contributed by atoms with Gasteiger partial charge in [-0.2, -0.15) is 0 Å². The summed E-state index contributed by atoms with van der Waals surface area (Å²) in [7, 11) is 0. The molecule has 1 aromatic heterocycles. The normalized spacial score (nSPS) is 10.1. The molecule has 0 amide bonds. The first-order valence-corrected chi connectivity index (χ1v) is 5.64. The fraction of sp³-hybridized carbons (Fsp3) is 0.400. The van der Waals surface area contributed by atoms with Gasteiger partial charge in [0.25, 0.3) is 5.56 Å². The average Bonchev–Trinajstić information content (AvgIpc) is 2.18. The minimum absolute atomic E-state index is 0.0633. The Morgan fingerprint density at radius 2 is 2.29 bits per heavy atom. The molecule has 1 aromatic rings. The molecule has 0 spiro atoms. The van der Waals surface area contributed by atoms with Crippen LogP contribution >= 0.6 is 22.6 Å². The summed E-state index contributed by atoms with van der Waals surface area (Å²) in [6.45, 7) is 2.02. The third-order valence-electron chi connectivity index (χ3n) is 1.93. The molecule has 0 atom stereocenters. The summed E-state index contributed by atoms with van der Waals surface area (Å²) in [4.78, 5) is 25.4. The molecule has 0 aliphatic rings. The van der Waals surface area contributed by atoms with Gasteiger partial charge in [0, 0.05) is 16.2 Å². The lowest BCUT2D eigenvalue weighted by atomic mass is 10.1. The first-order valence-electron chi connectivity index (χ1n) is 4.56. The Morgan fingerprint density at radius 1 is 1.57 bits per heavy atom. The van der Waals surface area contributed by atoms with E-state index >= 15 is 0 Å². The minimum atomic E-state index is -0.286. The zero-order valence-corrected chi connectivity index (χ0v) is 10.1. The van der Waals surface area contributed by atoms with E-state index in [1.165, 1.54) is 0 Å². The predicted octanol–water partition coefficient (Wildman–Crippen LogP) is 2.35. The van der Waals surface area contributed by atoms with E-state index in [2.05, 4.69) is 27.6 Å². The Morgan fingerprint density at radius 3 is 2.93 bits per heavy atom. The van der Waals surface area contributed by atoms with E-state index in [0.717, 1.165) is 16.4 Å². The van der Waals surface area contributed by atoms with E-state index < -0.39 is 0 Å². The van der Waals surface area contributed by atoms with E-state index in [1.807, 2.05) is 6.92 Å². The molecule has 3 nitrogen and oxygen atoms in total. The second-order valence-corrected chi connectivity index (χ2v) is 4.33. The SMILES string of the molecule is CCCCC(=O)c1cc(I)c[nH]c1=O. The van der Waals surface area contributed by atoms with E-state index in [4.69, 9.17) is 0 Å². The molecule has 0 saturated heterocycles. The highest BCUT2D eigenvalue weighted by atomic mass is 127. The number of ketones is 1. The fourth-order valence-electron chi connectivity index (χ4n) is 1.14. The number of nitrogens with one attached hydrogen (secondary N) is 1. The maximum absolute atomic E-state index is 11.6. The van der Waals surface area contributed by atoms with E-state index in [-0.39, 0.29) is 16.9 Å². The van der Waals surface area contributed by atoms with Gasteiger partial charge in [-0.1, -0.05) is 13.3 Å². The Bertz CT molecular complexity index is 384. The number of carbonyl (C=O) groups excluding carboxylic acids is 1. The summed E-state index contributed by atoms with van der Waals surface area (Å²) in [6.07, 6.45) is 3.86. The molecule has 0 unspecified atom stereocenters. The van der Waals surface area contributed by atoms with Crippen molar-refractivity contribution in [3.63, 3.8) is 0 Å². The number of aromatic nitrogens is 1. The molecule has 0 fully saturated rings. The number of H-pyrrole nitrogens is 1. The lowest BCUT2D eigenvalue weighted by molar-refractivity contribution is 0.0978. The van der Waals surface area contributed by atoms with Crippen molar-refractivity contribution in [3.05, 3.63) is 31.8 Å². The number of rotatable bonds is 4. The van der Waals surface area contributed by atoms with Gasteiger partial charge in [0.05, 0.1) is 5.56 Å². The molecule has 0 aromatic carbocycles. The third kappa shape index (κ3) is 2.94. The van der Waals surface area contributed by atoms with Crippen molar-refractivity contribution in [1.82, 2.24) is 4.98 Å². The highest BCUT2D eigenvalue weighted by Gasteiger charge is 2.09. The van der Waals surface area contributed by atoms with Gasteiger partial charge in [-0.25, -0.2) is 0 Å². The summed E-state index contributed by atoms with van der Waals surface area (Å²) in [5.74, 6) is -0.0633. The lowest BCUT2D eigenvalue weighted by Gasteiger charge is -1.99. The number of hydrogen-bond acceptors (Lipinski definition) is 2. The minimum Gasteiger partial charge on any atom is -0.327 e. The van der Waals surface area contributed by atoms with Crippen LogP contribution < -0.4 is 5.56 Å². The molecule has 0 aliphatic heterocycles. The highest BCUT2D eigenvalue weighted by molar-refractivity contribution is 14.1. The van der Waals surface area contributed by atoms with Crippen molar-refractivity contribution in [3.8, 4) is 0 Å². The van der Waals surface area contributed by atoms with Crippen LogP contribution in [0.5, 0.6) is 0 Å². The number of pyridine rings is 1. The van der Waals surface area contributed by atoms with Crippen molar-refractivity contribution in [2.45, 2.75) is 26.2 Å². The monoisotopic (exact) mass is 305 g/mol. The van der Waals surface area contributed by atoms with Crippen molar-refractivity contribution >= 4 is 28.4 Å². The van der Waals surface area contributed by atoms with Crippen LogP contribution in [0.15, 0.2) is 17.1 Å². The topological polar surface area (TPSA) is 49.9 Å². The van der Waals surface area contributed by atoms with E-state index in [1.54, 1.807) is 12.3 Å². The number of aromatic amines is 1. The first kappa shape index (κ1) is 11.4. The zero-order chi connectivity index (χ0) is 10.6.